The third-order valence-corrected chi connectivity index (χ3v) is 1.58. The molecular formula is C9H11O. The maximum atomic E-state index is 8.79. The van der Waals surface area contributed by atoms with E-state index in [9.17, 15) is 0 Å². The molecule has 0 aromatic heterocycles. The van der Waals surface area contributed by atoms with Crippen LogP contribution in [-0.2, 0) is 6.61 Å². The lowest BCUT2D eigenvalue weighted by Crippen LogP contribution is -1.87. The molecule has 1 heteroatoms. The Hall–Kier alpha value is -0.820. The van der Waals surface area contributed by atoms with Crippen LogP contribution >= 0.6 is 0 Å². The highest BCUT2D eigenvalue weighted by molar-refractivity contribution is 5.31. The fraction of sp³-hybridized carbons (Fsp3) is 0.222. The maximum absolute atomic E-state index is 8.79. The summed E-state index contributed by atoms with van der Waals surface area (Å²) in [5, 5.41) is 8.79. The smallest absolute Gasteiger partial charge is 0.0684 e. The summed E-state index contributed by atoms with van der Waals surface area (Å²) in [6.45, 7) is 5.86. The Morgan fingerprint density at radius 1 is 1.50 bits per heavy atom. The van der Waals surface area contributed by atoms with E-state index in [1.165, 1.54) is 0 Å². The predicted molar refractivity (Wildman–Crippen MR) is 41.6 cm³/mol. The second kappa shape index (κ2) is 2.84. The molecule has 0 unspecified atom stereocenters. The molecule has 1 N–H and O–H groups in total. The van der Waals surface area contributed by atoms with Gasteiger partial charge in [-0.05, 0) is 30.5 Å². The molecule has 0 aliphatic heterocycles. The van der Waals surface area contributed by atoms with Crippen molar-refractivity contribution in [2.75, 3.05) is 0 Å². The van der Waals surface area contributed by atoms with E-state index in [1.807, 2.05) is 25.1 Å². The molecule has 10 heavy (non-hydrogen) atoms. The highest BCUT2D eigenvalue weighted by Crippen LogP contribution is 2.09. The van der Waals surface area contributed by atoms with Crippen molar-refractivity contribution in [3.63, 3.8) is 0 Å². The number of aliphatic hydroxyl groups excluding tert-OH is 1. The Kier molecular flexibility index (Phi) is 2.07. The third kappa shape index (κ3) is 1.36. The molecule has 0 bridgehead atoms. The number of hydrogen-bond acceptors (Lipinski definition) is 1. The average Bonchev–Trinajstić information content (AvgIpc) is 1.88. The molecule has 53 valence electrons. The Balaban J connectivity index is 3.07. The molecule has 1 rings (SSSR count). The molecule has 0 spiro atoms. The largest absolute Gasteiger partial charge is 0.392 e. The maximum Gasteiger partial charge on any atom is 0.0684 e. The van der Waals surface area contributed by atoms with Crippen LogP contribution in [0.15, 0.2) is 18.2 Å². The van der Waals surface area contributed by atoms with E-state index < -0.39 is 0 Å². The second-order valence-electron chi connectivity index (χ2n) is 2.42. The van der Waals surface area contributed by atoms with E-state index in [2.05, 4.69) is 6.92 Å². The summed E-state index contributed by atoms with van der Waals surface area (Å²) >= 11 is 0. The zero-order valence-corrected chi connectivity index (χ0v) is 6.09. The van der Waals surface area contributed by atoms with Crippen LogP contribution in [0.25, 0.3) is 0 Å². The lowest BCUT2D eigenvalue weighted by Gasteiger charge is -2.01. The molecule has 0 atom stereocenters. The van der Waals surface area contributed by atoms with Gasteiger partial charge in [0.1, 0.15) is 0 Å². The number of hydrogen-bond donors (Lipinski definition) is 1. The van der Waals surface area contributed by atoms with E-state index in [-0.39, 0.29) is 6.61 Å². The Morgan fingerprint density at radius 3 is 2.70 bits per heavy atom. The molecule has 0 fully saturated rings. The molecule has 1 aromatic rings. The number of rotatable bonds is 1. The Bertz CT molecular complexity index is 228. The van der Waals surface area contributed by atoms with Gasteiger partial charge in [-0.1, -0.05) is 18.2 Å². The Morgan fingerprint density at radius 2 is 2.20 bits per heavy atom. The number of benzene rings is 1. The van der Waals surface area contributed by atoms with Gasteiger partial charge in [0.15, 0.2) is 0 Å². The minimum absolute atomic E-state index is 0.117. The zero-order chi connectivity index (χ0) is 7.56. The monoisotopic (exact) mass is 135 g/mol. The summed E-state index contributed by atoms with van der Waals surface area (Å²) in [4.78, 5) is 0. The summed E-state index contributed by atoms with van der Waals surface area (Å²) in [6, 6.07) is 5.77. The molecule has 1 nitrogen and oxygen atoms in total. The standard InChI is InChI=1S/C9H11O/c1-7-3-4-9(6-10)8(2)5-7/h3-5,10H,1,6H2,2H3. The fourth-order valence-electron chi connectivity index (χ4n) is 0.935. The van der Waals surface area contributed by atoms with Crippen LogP contribution in [0.3, 0.4) is 0 Å². The van der Waals surface area contributed by atoms with Crippen molar-refractivity contribution >= 4 is 0 Å². The van der Waals surface area contributed by atoms with Crippen molar-refractivity contribution in [3.8, 4) is 0 Å². The van der Waals surface area contributed by atoms with E-state index >= 15 is 0 Å². The highest BCUT2D eigenvalue weighted by atomic mass is 16.3. The molecule has 0 aliphatic rings. The molecule has 0 aliphatic carbocycles. The molecule has 0 saturated heterocycles. The van der Waals surface area contributed by atoms with Crippen LogP contribution in [0.2, 0.25) is 0 Å². The van der Waals surface area contributed by atoms with E-state index in [0.29, 0.717) is 0 Å². The summed E-state index contributed by atoms with van der Waals surface area (Å²) in [5.41, 5.74) is 3.08. The van der Waals surface area contributed by atoms with Crippen LogP contribution in [-0.4, -0.2) is 5.11 Å². The van der Waals surface area contributed by atoms with Crippen LogP contribution < -0.4 is 0 Å². The first kappa shape index (κ1) is 7.29. The van der Waals surface area contributed by atoms with Gasteiger partial charge in [0.2, 0.25) is 0 Å². The summed E-state index contributed by atoms with van der Waals surface area (Å²) in [6.07, 6.45) is 0. The van der Waals surface area contributed by atoms with Crippen LogP contribution in [0.1, 0.15) is 16.7 Å². The third-order valence-electron chi connectivity index (χ3n) is 1.58. The van der Waals surface area contributed by atoms with Gasteiger partial charge < -0.3 is 5.11 Å². The Labute approximate surface area is 61.3 Å². The van der Waals surface area contributed by atoms with E-state index in [4.69, 9.17) is 5.11 Å². The molecule has 1 radical (unpaired) electrons. The topological polar surface area (TPSA) is 20.2 Å². The van der Waals surface area contributed by atoms with Crippen LogP contribution in [0.4, 0.5) is 0 Å². The SMILES string of the molecule is [CH2]c1ccc(CO)c(C)c1. The summed E-state index contributed by atoms with van der Waals surface area (Å²) in [7, 11) is 0. The van der Waals surface area contributed by atoms with E-state index in [0.717, 1.165) is 16.7 Å². The summed E-state index contributed by atoms with van der Waals surface area (Å²) in [5.74, 6) is 0. The molecule has 1 aromatic carbocycles. The van der Waals surface area contributed by atoms with Crippen molar-refractivity contribution in [3.05, 3.63) is 41.8 Å². The van der Waals surface area contributed by atoms with Crippen molar-refractivity contribution < 1.29 is 5.11 Å². The van der Waals surface area contributed by atoms with Gasteiger partial charge in [-0.2, -0.15) is 0 Å². The van der Waals surface area contributed by atoms with E-state index in [1.54, 1.807) is 0 Å². The van der Waals surface area contributed by atoms with Gasteiger partial charge in [0, 0.05) is 0 Å². The van der Waals surface area contributed by atoms with Crippen molar-refractivity contribution in [1.29, 1.82) is 0 Å². The minimum Gasteiger partial charge on any atom is -0.392 e. The van der Waals surface area contributed by atoms with Crippen molar-refractivity contribution in [1.82, 2.24) is 0 Å². The van der Waals surface area contributed by atoms with Crippen LogP contribution in [0, 0.1) is 13.8 Å². The molecule has 0 heterocycles. The summed E-state index contributed by atoms with van der Waals surface area (Å²) < 4.78 is 0. The lowest BCUT2D eigenvalue weighted by molar-refractivity contribution is 0.281. The zero-order valence-electron chi connectivity index (χ0n) is 6.09. The molecule has 0 amide bonds. The second-order valence-corrected chi connectivity index (χ2v) is 2.42. The van der Waals surface area contributed by atoms with Gasteiger partial charge in [-0.25, -0.2) is 0 Å². The molecular weight excluding hydrogens is 124 g/mol. The van der Waals surface area contributed by atoms with Crippen molar-refractivity contribution in [2.24, 2.45) is 0 Å². The van der Waals surface area contributed by atoms with Crippen LogP contribution in [0.5, 0.6) is 0 Å². The minimum atomic E-state index is 0.117. The van der Waals surface area contributed by atoms with Gasteiger partial charge in [0.25, 0.3) is 0 Å². The first-order valence-corrected chi connectivity index (χ1v) is 3.26. The van der Waals surface area contributed by atoms with Crippen molar-refractivity contribution in [2.45, 2.75) is 13.5 Å². The van der Waals surface area contributed by atoms with Gasteiger partial charge >= 0.3 is 0 Å². The predicted octanol–water partition coefficient (Wildman–Crippen LogP) is 1.67. The first-order chi connectivity index (χ1) is 4.74. The van der Waals surface area contributed by atoms with Gasteiger partial charge in [-0.3, -0.25) is 0 Å². The fourth-order valence-corrected chi connectivity index (χ4v) is 0.935. The molecule has 0 saturated carbocycles. The first-order valence-electron chi connectivity index (χ1n) is 3.26. The number of aryl methyl sites for hydroxylation is 1. The van der Waals surface area contributed by atoms with Gasteiger partial charge in [-0.15, -0.1) is 0 Å². The van der Waals surface area contributed by atoms with Gasteiger partial charge in [0.05, 0.1) is 6.61 Å². The quantitative estimate of drug-likeness (QED) is 0.621. The number of aliphatic hydroxyl groups is 1. The average molecular weight is 135 g/mol. The highest BCUT2D eigenvalue weighted by Gasteiger charge is 1.94. The normalized spacial score (nSPS) is 9.90. The lowest BCUT2D eigenvalue weighted by atomic mass is 10.1.